The third-order valence-corrected chi connectivity index (χ3v) is 6.11. The Labute approximate surface area is 197 Å². The smallest absolute Gasteiger partial charge is 0.330 e. The zero-order valence-corrected chi connectivity index (χ0v) is 19.4. The van der Waals surface area contributed by atoms with Crippen LogP contribution in [0.1, 0.15) is 28.4 Å². The molecule has 0 bridgehead atoms. The van der Waals surface area contributed by atoms with Crippen LogP contribution in [0, 0.1) is 12.7 Å². The molecule has 0 heterocycles. The summed E-state index contributed by atoms with van der Waals surface area (Å²) in [4.78, 5) is 24.1. The second kappa shape index (κ2) is 10.8. The first-order valence-corrected chi connectivity index (χ1v) is 11.8. The number of esters is 1. The van der Waals surface area contributed by atoms with Crippen LogP contribution in [0.4, 0.5) is 15.8 Å². The molecule has 3 rings (SSSR count). The van der Waals surface area contributed by atoms with Crippen LogP contribution in [0.3, 0.4) is 0 Å². The van der Waals surface area contributed by atoms with E-state index in [2.05, 4.69) is 10.0 Å². The van der Waals surface area contributed by atoms with Gasteiger partial charge in [-0.05, 0) is 67.4 Å². The molecule has 34 heavy (non-hydrogen) atoms. The summed E-state index contributed by atoms with van der Waals surface area (Å²) in [5.74, 6) is -1.67. The van der Waals surface area contributed by atoms with Gasteiger partial charge in [0.25, 0.3) is 15.9 Å². The Kier molecular flexibility index (Phi) is 7.80. The molecule has 0 aliphatic carbocycles. The summed E-state index contributed by atoms with van der Waals surface area (Å²) in [6.07, 6.45) is 2.90. The van der Waals surface area contributed by atoms with E-state index >= 15 is 0 Å². The van der Waals surface area contributed by atoms with E-state index in [1.54, 1.807) is 44.2 Å². The van der Waals surface area contributed by atoms with Gasteiger partial charge in [-0.1, -0.05) is 30.3 Å². The molecule has 7 nitrogen and oxygen atoms in total. The normalized spacial score (nSPS) is 11.3. The van der Waals surface area contributed by atoms with Crippen molar-refractivity contribution in [3.05, 3.63) is 95.3 Å². The maximum Gasteiger partial charge on any atom is 0.330 e. The van der Waals surface area contributed by atoms with Gasteiger partial charge in [0.05, 0.1) is 17.2 Å². The molecule has 0 saturated carbocycles. The van der Waals surface area contributed by atoms with Gasteiger partial charge in [-0.25, -0.2) is 17.6 Å². The molecule has 9 heteroatoms. The number of para-hydroxylation sites is 1. The van der Waals surface area contributed by atoms with Gasteiger partial charge in [0.15, 0.2) is 0 Å². The fourth-order valence-electron chi connectivity index (χ4n) is 2.99. The summed E-state index contributed by atoms with van der Waals surface area (Å²) in [5.41, 5.74) is 1.75. The molecule has 1 amide bonds. The van der Waals surface area contributed by atoms with E-state index in [4.69, 9.17) is 4.74 Å². The lowest BCUT2D eigenvalue weighted by Crippen LogP contribution is -2.17. The largest absolute Gasteiger partial charge is 0.463 e. The number of halogens is 1. The molecule has 0 fully saturated rings. The fraction of sp³-hybridized carbons (Fsp3) is 0.120. The van der Waals surface area contributed by atoms with Crippen LogP contribution in [0.2, 0.25) is 0 Å². The highest BCUT2D eigenvalue weighted by atomic mass is 32.2. The quantitative estimate of drug-likeness (QED) is 0.356. The van der Waals surface area contributed by atoms with Gasteiger partial charge in [0.2, 0.25) is 0 Å². The average Bonchev–Trinajstić information content (AvgIpc) is 2.80. The third kappa shape index (κ3) is 6.29. The first kappa shape index (κ1) is 24.7. The fourth-order valence-corrected chi connectivity index (χ4v) is 4.08. The van der Waals surface area contributed by atoms with E-state index in [1.165, 1.54) is 42.5 Å². The van der Waals surface area contributed by atoms with Crippen molar-refractivity contribution in [3.8, 4) is 0 Å². The topological polar surface area (TPSA) is 102 Å². The minimum atomic E-state index is -4.12. The Hall–Kier alpha value is -3.98. The monoisotopic (exact) mass is 482 g/mol. The number of sulfonamides is 1. The van der Waals surface area contributed by atoms with Crippen LogP contribution in [-0.2, 0) is 19.6 Å². The summed E-state index contributed by atoms with van der Waals surface area (Å²) in [5, 5.41) is 2.72. The highest BCUT2D eigenvalue weighted by molar-refractivity contribution is 7.92. The molecular weight excluding hydrogens is 459 g/mol. The number of hydrogen-bond donors (Lipinski definition) is 2. The van der Waals surface area contributed by atoms with Crippen molar-refractivity contribution in [2.24, 2.45) is 0 Å². The number of nitrogens with one attached hydrogen (secondary N) is 2. The number of rotatable bonds is 8. The Morgan fingerprint density at radius 2 is 1.74 bits per heavy atom. The lowest BCUT2D eigenvalue weighted by molar-refractivity contribution is -0.137. The maximum atomic E-state index is 13.9. The minimum absolute atomic E-state index is 0.155. The summed E-state index contributed by atoms with van der Waals surface area (Å²) in [6, 6.07) is 16.2. The predicted molar refractivity (Wildman–Crippen MR) is 128 cm³/mol. The number of anilines is 2. The van der Waals surface area contributed by atoms with Gasteiger partial charge in [0.1, 0.15) is 5.82 Å². The standard InChI is InChI=1S/C25H23FN2O5S/c1-3-33-24(29)15-11-18-9-12-19(13-10-18)27-25(30)21-16-20(14-8-17(21)2)34(31,32)28-23-7-5-4-6-22(23)26/h4-16,28H,3H2,1-2H3,(H,27,30). The Morgan fingerprint density at radius 1 is 1.03 bits per heavy atom. The zero-order valence-electron chi connectivity index (χ0n) is 18.5. The number of hydrogen-bond acceptors (Lipinski definition) is 5. The highest BCUT2D eigenvalue weighted by Crippen LogP contribution is 2.22. The molecule has 0 aliphatic rings. The third-order valence-electron chi connectivity index (χ3n) is 4.75. The maximum absolute atomic E-state index is 13.9. The Balaban J connectivity index is 1.76. The van der Waals surface area contributed by atoms with Crippen LogP contribution in [0.25, 0.3) is 6.08 Å². The lowest BCUT2D eigenvalue weighted by Gasteiger charge is -2.12. The summed E-state index contributed by atoms with van der Waals surface area (Å²) >= 11 is 0. The van der Waals surface area contributed by atoms with Crippen LogP contribution >= 0.6 is 0 Å². The molecule has 0 radical (unpaired) electrons. The van der Waals surface area contributed by atoms with Crippen LogP contribution in [0.5, 0.6) is 0 Å². The Bertz CT molecular complexity index is 1340. The van der Waals surface area contributed by atoms with E-state index in [1.807, 2.05) is 0 Å². The number of amides is 1. The zero-order chi connectivity index (χ0) is 24.7. The Morgan fingerprint density at radius 3 is 2.41 bits per heavy atom. The van der Waals surface area contributed by atoms with Gasteiger partial charge >= 0.3 is 5.97 Å². The van der Waals surface area contributed by atoms with Crippen molar-refractivity contribution in [2.45, 2.75) is 18.7 Å². The SMILES string of the molecule is CCOC(=O)C=Cc1ccc(NC(=O)c2cc(S(=O)(=O)Nc3ccccc3F)ccc2C)cc1. The number of carbonyl (C=O) groups is 2. The van der Waals surface area contributed by atoms with Crippen LogP contribution < -0.4 is 10.0 Å². The molecule has 0 spiro atoms. The van der Waals surface area contributed by atoms with Crippen LogP contribution in [0.15, 0.2) is 77.7 Å². The highest BCUT2D eigenvalue weighted by Gasteiger charge is 2.19. The molecule has 3 aromatic carbocycles. The molecular formula is C25H23FN2O5S. The molecule has 2 N–H and O–H groups in total. The lowest BCUT2D eigenvalue weighted by atomic mass is 10.1. The van der Waals surface area contributed by atoms with E-state index in [9.17, 15) is 22.4 Å². The molecule has 0 saturated heterocycles. The van der Waals surface area contributed by atoms with Gasteiger partial charge in [0, 0.05) is 17.3 Å². The van der Waals surface area contributed by atoms with Crippen LogP contribution in [-0.4, -0.2) is 26.9 Å². The second-order valence-electron chi connectivity index (χ2n) is 7.22. The van der Waals surface area contributed by atoms with Gasteiger partial charge in [-0.15, -0.1) is 0 Å². The van der Waals surface area contributed by atoms with Crippen molar-refractivity contribution in [3.63, 3.8) is 0 Å². The number of ether oxygens (including phenoxy) is 1. The molecule has 0 aliphatic heterocycles. The summed E-state index contributed by atoms with van der Waals surface area (Å²) < 4.78 is 46.4. The minimum Gasteiger partial charge on any atom is -0.463 e. The summed E-state index contributed by atoms with van der Waals surface area (Å²) in [6.45, 7) is 3.68. The van der Waals surface area contributed by atoms with Crippen molar-refractivity contribution in [1.29, 1.82) is 0 Å². The van der Waals surface area contributed by atoms with Crippen molar-refractivity contribution >= 4 is 39.4 Å². The average molecular weight is 483 g/mol. The predicted octanol–water partition coefficient (Wildman–Crippen LogP) is 4.76. The molecule has 0 atom stereocenters. The summed E-state index contributed by atoms with van der Waals surface area (Å²) in [7, 11) is -4.12. The first-order valence-electron chi connectivity index (χ1n) is 10.3. The van der Waals surface area contributed by atoms with Crippen molar-refractivity contribution < 1.29 is 27.1 Å². The van der Waals surface area contributed by atoms with E-state index < -0.39 is 27.7 Å². The molecule has 176 valence electrons. The number of aryl methyl sites for hydroxylation is 1. The van der Waals surface area contributed by atoms with Gasteiger partial charge in [-0.3, -0.25) is 9.52 Å². The molecule has 0 aromatic heterocycles. The second-order valence-corrected chi connectivity index (χ2v) is 8.91. The van der Waals surface area contributed by atoms with Crippen molar-refractivity contribution in [2.75, 3.05) is 16.6 Å². The van der Waals surface area contributed by atoms with E-state index in [0.29, 0.717) is 11.3 Å². The number of benzene rings is 3. The number of carbonyl (C=O) groups excluding carboxylic acids is 2. The van der Waals surface area contributed by atoms with E-state index in [-0.39, 0.29) is 22.8 Å². The van der Waals surface area contributed by atoms with E-state index in [0.717, 1.165) is 11.6 Å². The molecule has 0 unspecified atom stereocenters. The van der Waals surface area contributed by atoms with Gasteiger partial charge in [-0.2, -0.15) is 0 Å². The van der Waals surface area contributed by atoms with Gasteiger partial charge < -0.3 is 10.1 Å². The first-order chi connectivity index (χ1) is 16.2. The molecule has 3 aromatic rings. The van der Waals surface area contributed by atoms with Crippen molar-refractivity contribution in [1.82, 2.24) is 0 Å².